The van der Waals surface area contributed by atoms with Gasteiger partial charge in [-0.3, -0.25) is 0 Å². The highest BCUT2D eigenvalue weighted by atomic mass is 15.1. The summed E-state index contributed by atoms with van der Waals surface area (Å²) in [5.74, 6) is 0. The lowest BCUT2D eigenvalue weighted by atomic mass is 9.96. The average molecular weight is 266 g/mol. The summed E-state index contributed by atoms with van der Waals surface area (Å²) in [4.78, 5) is 2.49. The molecule has 2 N–H and O–H groups in total. The molecule has 2 aliphatic rings. The van der Waals surface area contributed by atoms with Crippen LogP contribution in [-0.2, 0) is 6.54 Å². The number of hydrogen-bond donors (Lipinski definition) is 1. The molecule has 0 saturated heterocycles. The molecule has 0 amide bonds. The zero-order valence-corrected chi connectivity index (χ0v) is 11.9. The Bertz CT molecular complexity index is 567. The first-order valence-electron chi connectivity index (χ1n) is 7.49. The van der Waals surface area contributed by atoms with Crippen LogP contribution < -0.4 is 5.73 Å². The summed E-state index contributed by atoms with van der Waals surface area (Å²) in [7, 11) is 0. The number of fused-ring (bicyclic) bond motifs is 1. The fourth-order valence-corrected chi connectivity index (χ4v) is 2.95. The summed E-state index contributed by atoms with van der Waals surface area (Å²) in [6.45, 7) is 2.76. The molecule has 1 aromatic rings. The van der Waals surface area contributed by atoms with Crippen LogP contribution in [0, 0.1) is 0 Å². The van der Waals surface area contributed by atoms with Crippen LogP contribution in [0.5, 0.6) is 0 Å². The van der Waals surface area contributed by atoms with Crippen molar-refractivity contribution in [2.45, 2.75) is 25.8 Å². The monoisotopic (exact) mass is 266 g/mol. The van der Waals surface area contributed by atoms with E-state index in [-0.39, 0.29) is 0 Å². The number of nitrogens with zero attached hydrogens (tertiary/aromatic N) is 1. The predicted molar refractivity (Wildman–Crippen MR) is 85.0 cm³/mol. The first-order valence-corrected chi connectivity index (χ1v) is 7.49. The highest BCUT2D eigenvalue weighted by molar-refractivity contribution is 5.59. The zero-order chi connectivity index (χ0) is 13.8. The van der Waals surface area contributed by atoms with Crippen LogP contribution in [0.4, 0.5) is 0 Å². The van der Waals surface area contributed by atoms with Crippen molar-refractivity contribution in [3.05, 3.63) is 64.9 Å². The van der Waals surface area contributed by atoms with Crippen molar-refractivity contribution < 1.29 is 0 Å². The SMILES string of the molecule is NCCCN1Cc2ccccc2C=CC2=C1C=CCC2. The molecule has 1 aromatic carbocycles. The van der Waals surface area contributed by atoms with Gasteiger partial charge in [-0.25, -0.2) is 0 Å². The summed E-state index contributed by atoms with van der Waals surface area (Å²) < 4.78 is 0. The number of hydrogen-bond acceptors (Lipinski definition) is 2. The van der Waals surface area contributed by atoms with Gasteiger partial charge in [0.2, 0.25) is 0 Å². The second kappa shape index (κ2) is 6.10. The van der Waals surface area contributed by atoms with Gasteiger partial charge in [0.05, 0.1) is 0 Å². The molecule has 1 heterocycles. The van der Waals surface area contributed by atoms with E-state index in [1.807, 2.05) is 0 Å². The van der Waals surface area contributed by atoms with Crippen molar-refractivity contribution in [1.82, 2.24) is 4.90 Å². The van der Waals surface area contributed by atoms with Crippen LogP contribution in [-0.4, -0.2) is 18.0 Å². The van der Waals surface area contributed by atoms with Gasteiger partial charge in [0.15, 0.2) is 0 Å². The predicted octanol–water partition coefficient (Wildman–Crippen LogP) is 3.47. The number of allylic oxidation sites excluding steroid dienone is 4. The molecule has 0 aromatic heterocycles. The maximum Gasteiger partial charge on any atom is 0.0435 e. The quantitative estimate of drug-likeness (QED) is 0.907. The second-order valence-electron chi connectivity index (χ2n) is 5.45. The smallest absolute Gasteiger partial charge is 0.0435 e. The molecule has 0 spiro atoms. The minimum Gasteiger partial charge on any atom is -0.367 e. The first kappa shape index (κ1) is 13.2. The van der Waals surface area contributed by atoms with Crippen molar-refractivity contribution in [1.29, 1.82) is 0 Å². The van der Waals surface area contributed by atoms with Crippen LogP contribution in [0.15, 0.2) is 53.8 Å². The minimum absolute atomic E-state index is 0.750. The van der Waals surface area contributed by atoms with E-state index < -0.39 is 0 Å². The third-order valence-electron chi connectivity index (χ3n) is 4.04. The van der Waals surface area contributed by atoms with Crippen LogP contribution >= 0.6 is 0 Å². The molecule has 0 unspecified atom stereocenters. The van der Waals surface area contributed by atoms with Gasteiger partial charge in [0.25, 0.3) is 0 Å². The van der Waals surface area contributed by atoms with Crippen molar-refractivity contribution in [3.63, 3.8) is 0 Å². The van der Waals surface area contributed by atoms with E-state index in [4.69, 9.17) is 5.73 Å². The van der Waals surface area contributed by atoms with E-state index in [9.17, 15) is 0 Å². The van der Waals surface area contributed by atoms with Gasteiger partial charge >= 0.3 is 0 Å². The molecule has 0 bridgehead atoms. The molecule has 0 atom stereocenters. The van der Waals surface area contributed by atoms with E-state index in [1.165, 1.54) is 22.4 Å². The maximum atomic E-state index is 5.70. The molecule has 3 rings (SSSR count). The Morgan fingerprint density at radius 1 is 1.10 bits per heavy atom. The van der Waals surface area contributed by atoms with E-state index in [0.717, 1.165) is 38.9 Å². The number of benzene rings is 1. The van der Waals surface area contributed by atoms with Gasteiger partial charge in [0.1, 0.15) is 0 Å². The summed E-state index contributed by atoms with van der Waals surface area (Å²) in [5, 5.41) is 0. The van der Waals surface area contributed by atoms with Crippen LogP contribution in [0.1, 0.15) is 30.4 Å². The standard InChI is InChI=1S/C18H22N2/c19-12-5-13-20-14-17-8-2-1-6-15(17)10-11-16-7-3-4-9-18(16)20/h1-2,4,6,8-11H,3,5,7,12-14,19H2. The Labute approximate surface area is 121 Å². The average Bonchev–Trinajstić information content (AvgIpc) is 2.48. The van der Waals surface area contributed by atoms with Crippen molar-refractivity contribution >= 4 is 6.08 Å². The van der Waals surface area contributed by atoms with Gasteiger partial charge in [0, 0.05) is 18.8 Å². The molecule has 0 fully saturated rings. The Morgan fingerprint density at radius 3 is 2.90 bits per heavy atom. The number of nitrogens with two attached hydrogens (primary N) is 1. The van der Waals surface area contributed by atoms with Crippen LogP contribution in [0.2, 0.25) is 0 Å². The lowest BCUT2D eigenvalue weighted by Gasteiger charge is -2.31. The lowest BCUT2D eigenvalue weighted by molar-refractivity contribution is 0.338. The maximum absolute atomic E-state index is 5.70. The summed E-state index contributed by atoms with van der Waals surface area (Å²) in [6.07, 6.45) is 12.5. The molecule has 104 valence electrons. The zero-order valence-electron chi connectivity index (χ0n) is 11.9. The summed E-state index contributed by atoms with van der Waals surface area (Å²) in [6, 6.07) is 8.68. The first-order chi connectivity index (χ1) is 9.88. The fourth-order valence-electron chi connectivity index (χ4n) is 2.95. The highest BCUT2D eigenvalue weighted by Crippen LogP contribution is 2.28. The molecular formula is C18H22N2. The third kappa shape index (κ3) is 2.70. The highest BCUT2D eigenvalue weighted by Gasteiger charge is 2.16. The normalized spacial score (nSPS) is 17.6. The van der Waals surface area contributed by atoms with E-state index in [1.54, 1.807) is 0 Å². The van der Waals surface area contributed by atoms with Gasteiger partial charge in [-0.05, 0) is 48.6 Å². The summed E-state index contributed by atoms with van der Waals surface area (Å²) in [5.41, 5.74) is 11.3. The van der Waals surface area contributed by atoms with Gasteiger partial charge < -0.3 is 10.6 Å². The van der Waals surface area contributed by atoms with Crippen molar-refractivity contribution in [3.8, 4) is 0 Å². The van der Waals surface area contributed by atoms with E-state index in [2.05, 4.69) is 53.5 Å². The van der Waals surface area contributed by atoms with Crippen molar-refractivity contribution in [2.75, 3.05) is 13.1 Å². The Hall–Kier alpha value is -1.80. The minimum atomic E-state index is 0.750. The van der Waals surface area contributed by atoms with E-state index in [0.29, 0.717) is 0 Å². The molecule has 2 heteroatoms. The Kier molecular flexibility index (Phi) is 4.03. The topological polar surface area (TPSA) is 29.3 Å². The van der Waals surface area contributed by atoms with Crippen molar-refractivity contribution in [2.24, 2.45) is 5.73 Å². The van der Waals surface area contributed by atoms with Crippen LogP contribution in [0.25, 0.3) is 6.08 Å². The third-order valence-corrected chi connectivity index (χ3v) is 4.04. The van der Waals surface area contributed by atoms with Gasteiger partial charge in [-0.15, -0.1) is 0 Å². The Morgan fingerprint density at radius 2 is 2.00 bits per heavy atom. The largest absolute Gasteiger partial charge is 0.367 e. The molecule has 2 nitrogen and oxygen atoms in total. The molecule has 1 aliphatic heterocycles. The van der Waals surface area contributed by atoms with Gasteiger partial charge in [-0.2, -0.15) is 0 Å². The molecular weight excluding hydrogens is 244 g/mol. The second-order valence-corrected chi connectivity index (χ2v) is 5.45. The molecule has 1 aliphatic carbocycles. The molecule has 0 radical (unpaired) electrons. The number of rotatable bonds is 3. The fraction of sp³-hybridized carbons (Fsp3) is 0.333. The molecule has 20 heavy (non-hydrogen) atoms. The lowest BCUT2D eigenvalue weighted by Crippen LogP contribution is -2.27. The van der Waals surface area contributed by atoms with E-state index >= 15 is 0 Å². The Balaban J connectivity index is 1.99. The summed E-state index contributed by atoms with van der Waals surface area (Å²) >= 11 is 0. The van der Waals surface area contributed by atoms with Crippen LogP contribution in [0.3, 0.4) is 0 Å². The molecule has 0 saturated carbocycles. The van der Waals surface area contributed by atoms with Gasteiger partial charge in [-0.1, -0.05) is 42.5 Å².